The Bertz CT molecular complexity index is 854. The van der Waals surface area contributed by atoms with Crippen molar-refractivity contribution in [3.63, 3.8) is 0 Å². The normalized spacial score (nSPS) is 10.7. The summed E-state index contributed by atoms with van der Waals surface area (Å²) in [6, 6.07) is 8.60. The molecule has 0 spiro atoms. The minimum absolute atomic E-state index is 0.254. The minimum Gasteiger partial charge on any atom is -0.494 e. The van der Waals surface area contributed by atoms with Crippen LogP contribution in [0.5, 0.6) is 5.75 Å². The van der Waals surface area contributed by atoms with Crippen LogP contribution in [0.4, 0.5) is 0 Å². The number of aromatic amines is 1. The number of ether oxygens (including phenoxy) is 1. The molecule has 2 heterocycles. The van der Waals surface area contributed by atoms with E-state index in [0.717, 1.165) is 0 Å². The molecule has 0 bridgehead atoms. The van der Waals surface area contributed by atoms with Gasteiger partial charge in [-0.1, -0.05) is 6.07 Å². The minimum atomic E-state index is -0.254. The van der Waals surface area contributed by atoms with Crippen LogP contribution in [0.3, 0.4) is 0 Å². The van der Waals surface area contributed by atoms with Gasteiger partial charge in [-0.25, -0.2) is 4.98 Å². The highest BCUT2D eigenvalue weighted by Gasteiger charge is 2.11. The molecule has 6 nitrogen and oxygen atoms in total. The maximum atomic E-state index is 12.2. The van der Waals surface area contributed by atoms with Crippen LogP contribution in [0, 0.1) is 11.3 Å². The highest BCUT2D eigenvalue weighted by Crippen LogP contribution is 2.21. The lowest BCUT2D eigenvalue weighted by molar-refractivity contribution is 0.419. The second-order valence-electron chi connectivity index (χ2n) is 3.75. The summed E-state index contributed by atoms with van der Waals surface area (Å²) < 4.78 is 6.43. The molecule has 2 aromatic heterocycles. The van der Waals surface area contributed by atoms with E-state index in [9.17, 15) is 4.79 Å². The molecule has 0 saturated heterocycles. The van der Waals surface area contributed by atoms with Gasteiger partial charge in [0.15, 0.2) is 5.65 Å². The molecule has 3 aromatic rings. The summed E-state index contributed by atoms with van der Waals surface area (Å²) in [5.74, 6) is 0.534. The van der Waals surface area contributed by atoms with E-state index in [1.54, 1.807) is 18.2 Å². The molecule has 1 aromatic carbocycles. The lowest BCUT2D eigenvalue weighted by Gasteiger charge is -2.03. The van der Waals surface area contributed by atoms with E-state index in [1.807, 2.05) is 6.07 Å². The van der Waals surface area contributed by atoms with Gasteiger partial charge in [-0.05, 0) is 12.1 Å². The van der Waals surface area contributed by atoms with Crippen molar-refractivity contribution in [3.8, 4) is 11.8 Å². The Labute approximate surface area is 101 Å². The van der Waals surface area contributed by atoms with Crippen molar-refractivity contribution in [3.05, 3.63) is 40.3 Å². The monoisotopic (exact) mass is 240 g/mol. The van der Waals surface area contributed by atoms with Crippen molar-refractivity contribution < 1.29 is 4.74 Å². The van der Waals surface area contributed by atoms with Crippen molar-refractivity contribution in [2.24, 2.45) is 0 Å². The van der Waals surface area contributed by atoms with Crippen molar-refractivity contribution >= 4 is 16.6 Å². The Kier molecular flexibility index (Phi) is 2.07. The Hall–Kier alpha value is -2.81. The third-order valence-electron chi connectivity index (χ3n) is 2.73. The zero-order valence-corrected chi connectivity index (χ0v) is 9.47. The molecule has 0 radical (unpaired) electrons. The SMILES string of the molecule is COc1cccc2c(=O)n3[nH]c(C#N)cc3nc12. The number of fused-ring (bicyclic) bond motifs is 2. The largest absolute Gasteiger partial charge is 0.494 e. The van der Waals surface area contributed by atoms with Crippen molar-refractivity contribution in [1.82, 2.24) is 14.6 Å². The average Bonchev–Trinajstić information content (AvgIpc) is 2.82. The van der Waals surface area contributed by atoms with Gasteiger partial charge >= 0.3 is 0 Å². The molecule has 0 saturated carbocycles. The number of hydrogen-bond acceptors (Lipinski definition) is 4. The summed E-state index contributed by atoms with van der Waals surface area (Å²) in [6.45, 7) is 0. The molecule has 0 unspecified atom stereocenters. The summed E-state index contributed by atoms with van der Waals surface area (Å²) in [5.41, 5.74) is 0.923. The average molecular weight is 240 g/mol. The Balaban J connectivity index is 2.55. The molecule has 6 heteroatoms. The van der Waals surface area contributed by atoms with E-state index in [0.29, 0.717) is 22.3 Å². The molecular formula is C12H8N4O2. The number of H-pyrrole nitrogens is 1. The Morgan fingerprint density at radius 3 is 3.06 bits per heavy atom. The van der Waals surface area contributed by atoms with Gasteiger partial charge < -0.3 is 4.74 Å². The maximum absolute atomic E-state index is 12.2. The first kappa shape index (κ1) is 10.4. The number of rotatable bonds is 1. The summed E-state index contributed by atoms with van der Waals surface area (Å²) >= 11 is 0. The van der Waals surface area contributed by atoms with Gasteiger partial charge in [0, 0.05) is 6.07 Å². The molecular weight excluding hydrogens is 232 g/mol. The molecule has 1 N–H and O–H groups in total. The molecule has 0 aliphatic rings. The first-order valence-electron chi connectivity index (χ1n) is 5.23. The number of nitrogens with zero attached hydrogens (tertiary/aromatic N) is 3. The third-order valence-corrected chi connectivity index (χ3v) is 2.73. The summed E-state index contributed by atoms with van der Waals surface area (Å²) in [5, 5.41) is 11.9. The number of aromatic nitrogens is 3. The van der Waals surface area contributed by atoms with E-state index < -0.39 is 0 Å². The van der Waals surface area contributed by atoms with E-state index in [-0.39, 0.29) is 11.3 Å². The van der Waals surface area contributed by atoms with Gasteiger partial charge in [0.25, 0.3) is 5.56 Å². The van der Waals surface area contributed by atoms with Crippen LogP contribution in [0.25, 0.3) is 16.6 Å². The molecule has 3 rings (SSSR count). The summed E-state index contributed by atoms with van der Waals surface area (Å²) in [7, 11) is 1.52. The predicted octanol–water partition coefficient (Wildman–Crippen LogP) is 1.06. The number of benzene rings is 1. The summed E-state index contributed by atoms with van der Waals surface area (Å²) in [6.07, 6.45) is 0. The quantitative estimate of drug-likeness (QED) is 0.689. The standard InChI is InChI=1S/C12H8N4O2/c1-18-9-4-2-3-8-11(9)14-10-5-7(6-13)15-16(10)12(8)17/h2-5,15H,1H3. The lowest BCUT2D eigenvalue weighted by Crippen LogP contribution is -2.15. The zero-order chi connectivity index (χ0) is 12.7. The molecule has 0 atom stereocenters. The van der Waals surface area contributed by atoms with Crippen molar-refractivity contribution in [2.45, 2.75) is 0 Å². The fourth-order valence-electron chi connectivity index (χ4n) is 1.91. The van der Waals surface area contributed by atoms with Crippen LogP contribution in [0.2, 0.25) is 0 Å². The van der Waals surface area contributed by atoms with Crippen molar-refractivity contribution in [2.75, 3.05) is 7.11 Å². The second kappa shape index (κ2) is 3.60. The number of hydrogen-bond donors (Lipinski definition) is 1. The molecule has 18 heavy (non-hydrogen) atoms. The van der Waals surface area contributed by atoms with Crippen LogP contribution in [0.15, 0.2) is 29.1 Å². The van der Waals surface area contributed by atoms with E-state index in [4.69, 9.17) is 10.00 Å². The highest BCUT2D eigenvalue weighted by atomic mass is 16.5. The van der Waals surface area contributed by atoms with Gasteiger partial charge in [0.2, 0.25) is 0 Å². The Morgan fingerprint density at radius 1 is 1.50 bits per heavy atom. The number of nitrogens with one attached hydrogen (secondary N) is 1. The molecule has 0 fully saturated rings. The topological polar surface area (TPSA) is 83.2 Å². The Morgan fingerprint density at radius 2 is 2.33 bits per heavy atom. The van der Waals surface area contributed by atoms with Gasteiger partial charge in [-0.15, -0.1) is 0 Å². The summed E-state index contributed by atoms with van der Waals surface area (Å²) in [4.78, 5) is 16.5. The number of para-hydroxylation sites is 1. The first-order chi connectivity index (χ1) is 8.74. The lowest BCUT2D eigenvalue weighted by atomic mass is 10.2. The van der Waals surface area contributed by atoms with Gasteiger partial charge in [-0.3, -0.25) is 9.89 Å². The molecule has 88 valence electrons. The van der Waals surface area contributed by atoms with Gasteiger partial charge in [0.05, 0.1) is 12.5 Å². The molecule has 0 aliphatic carbocycles. The third kappa shape index (κ3) is 1.28. The van der Waals surface area contributed by atoms with Gasteiger partial charge in [0.1, 0.15) is 23.0 Å². The predicted molar refractivity (Wildman–Crippen MR) is 64.6 cm³/mol. The van der Waals surface area contributed by atoms with Crippen LogP contribution >= 0.6 is 0 Å². The van der Waals surface area contributed by atoms with Crippen LogP contribution in [-0.4, -0.2) is 21.7 Å². The van der Waals surface area contributed by atoms with Crippen LogP contribution in [-0.2, 0) is 0 Å². The smallest absolute Gasteiger partial charge is 0.280 e. The number of methoxy groups -OCH3 is 1. The molecule has 0 aliphatic heterocycles. The van der Waals surface area contributed by atoms with Crippen LogP contribution in [0.1, 0.15) is 5.69 Å². The van der Waals surface area contributed by atoms with Gasteiger partial charge in [-0.2, -0.15) is 9.78 Å². The number of nitriles is 1. The molecule has 0 amide bonds. The van der Waals surface area contributed by atoms with E-state index >= 15 is 0 Å². The highest BCUT2D eigenvalue weighted by molar-refractivity contribution is 5.85. The second-order valence-corrected chi connectivity index (χ2v) is 3.75. The fourth-order valence-corrected chi connectivity index (χ4v) is 1.91. The van der Waals surface area contributed by atoms with E-state index in [1.165, 1.54) is 17.7 Å². The van der Waals surface area contributed by atoms with Crippen molar-refractivity contribution in [1.29, 1.82) is 5.26 Å². The fraction of sp³-hybridized carbons (Fsp3) is 0.0833. The van der Waals surface area contributed by atoms with E-state index in [2.05, 4.69) is 10.1 Å². The maximum Gasteiger partial charge on any atom is 0.280 e. The first-order valence-corrected chi connectivity index (χ1v) is 5.23. The van der Waals surface area contributed by atoms with Crippen LogP contribution < -0.4 is 10.3 Å². The zero-order valence-electron chi connectivity index (χ0n) is 9.47.